The number of aromatic amines is 1. The van der Waals surface area contributed by atoms with Crippen molar-refractivity contribution >= 4 is 28.8 Å². The second kappa shape index (κ2) is 10.2. The summed E-state index contributed by atoms with van der Waals surface area (Å²) in [6.45, 7) is 0. The Morgan fingerprint density at radius 3 is 2.35 bits per heavy atom. The van der Waals surface area contributed by atoms with Crippen molar-refractivity contribution in [1.82, 2.24) is 20.9 Å². The molecule has 0 saturated heterocycles. The molecule has 1 aromatic heterocycles. The third-order valence-electron chi connectivity index (χ3n) is 5.08. The van der Waals surface area contributed by atoms with Gasteiger partial charge in [-0.2, -0.15) is 10.2 Å². The van der Waals surface area contributed by atoms with Gasteiger partial charge in [-0.15, -0.1) is 0 Å². The summed E-state index contributed by atoms with van der Waals surface area (Å²) in [6, 6.07) is 21.1. The molecule has 0 spiro atoms. The Morgan fingerprint density at radius 1 is 0.971 bits per heavy atom. The molecule has 9 nitrogen and oxygen atoms in total. The fraction of sp³-hybridized carbons (Fsp3) is 0.0800. The van der Waals surface area contributed by atoms with E-state index in [1.54, 1.807) is 86.0 Å². The van der Waals surface area contributed by atoms with Gasteiger partial charge in [0.25, 0.3) is 17.4 Å². The quantitative estimate of drug-likeness (QED) is 0.292. The lowest BCUT2D eigenvalue weighted by atomic mass is 10.0. The van der Waals surface area contributed by atoms with Gasteiger partial charge in [0.1, 0.15) is 11.4 Å². The molecule has 3 N–H and O–H groups in total. The molecule has 0 aliphatic carbocycles. The molecular weight excluding hydrogens is 434 g/mol. The number of methoxy groups -OCH3 is 1. The van der Waals surface area contributed by atoms with E-state index >= 15 is 0 Å². The first-order chi connectivity index (χ1) is 16.6. The number of hydrazone groups is 1. The minimum absolute atomic E-state index is 0.191. The molecule has 170 valence electrons. The summed E-state index contributed by atoms with van der Waals surface area (Å²) in [5, 5.41) is 14.0. The van der Waals surface area contributed by atoms with Crippen LogP contribution in [0.5, 0.6) is 5.75 Å². The predicted octanol–water partition coefficient (Wildman–Crippen LogP) is 2.55. The van der Waals surface area contributed by atoms with Gasteiger partial charge in [0.2, 0.25) is 0 Å². The average Bonchev–Trinajstić information content (AvgIpc) is 2.88. The monoisotopic (exact) mass is 455 g/mol. The number of ether oxygens (including phenoxy) is 1. The van der Waals surface area contributed by atoms with Crippen molar-refractivity contribution < 1.29 is 14.3 Å². The maximum absolute atomic E-state index is 13.1. The fourth-order valence-electron chi connectivity index (χ4n) is 3.34. The zero-order valence-corrected chi connectivity index (χ0v) is 18.2. The standard InChI is InChI=1S/C25H21N5O4/c1-34-18-13-11-16(12-14-18)15-26-29-25(33)22(27-23(31)17-7-3-2-4-8-17)21-19-9-5-6-10-20(19)24(32)30-28-21/h2-15,22H,1H3,(H,27,31)(H,29,33)(H,30,32)/t22-/m1/s1. The normalized spacial score (nSPS) is 11.8. The van der Waals surface area contributed by atoms with Crippen LogP contribution in [0.15, 0.2) is 88.8 Å². The summed E-state index contributed by atoms with van der Waals surface area (Å²) in [5.74, 6) is -0.406. The first-order valence-electron chi connectivity index (χ1n) is 10.4. The summed E-state index contributed by atoms with van der Waals surface area (Å²) in [7, 11) is 1.57. The summed E-state index contributed by atoms with van der Waals surface area (Å²) in [6.07, 6.45) is 1.46. The van der Waals surface area contributed by atoms with Crippen molar-refractivity contribution in [3.63, 3.8) is 0 Å². The summed E-state index contributed by atoms with van der Waals surface area (Å²) in [4.78, 5) is 38.2. The van der Waals surface area contributed by atoms with Gasteiger partial charge in [0.15, 0.2) is 6.04 Å². The minimum atomic E-state index is -1.22. The van der Waals surface area contributed by atoms with Crippen molar-refractivity contribution in [3.8, 4) is 5.75 Å². The Kier molecular flexibility index (Phi) is 6.73. The van der Waals surface area contributed by atoms with Crippen molar-refractivity contribution in [2.45, 2.75) is 6.04 Å². The Balaban J connectivity index is 1.64. The van der Waals surface area contributed by atoms with E-state index in [4.69, 9.17) is 4.74 Å². The van der Waals surface area contributed by atoms with Gasteiger partial charge >= 0.3 is 0 Å². The van der Waals surface area contributed by atoms with Gasteiger partial charge in [0.05, 0.1) is 18.7 Å². The third-order valence-corrected chi connectivity index (χ3v) is 5.08. The second-order valence-electron chi connectivity index (χ2n) is 7.26. The first kappa shape index (κ1) is 22.4. The van der Waals surface area contributed by atoms with Crippen LogP contribution in [-0.2, 0) is 4.79 Å². The van der Waals surface area contributed by atoms with Crippen molar-refractivity contribution in [2.24, 2.45) is 5.10 Å². The molecule has 0 fully saturated rings. The maximum atomic E-state index is 13.1. The van der Waals surface area contributed by atoms with E-state index in [1.165, 1.54) is 6.21 Å². The highest BCUT2D eigenvalue weighted by Gasteiger charge is 2.27. The fourth-order valence-corrected chi connectivity index (χ4v) is 3.34. The van der Waals surface area contributed by atoms with Gasteiger partial charge in [-0.25, -0.2) is 10.5 Å². The molecule has 4 rings (SSSR count). The van der Waals surface area contributed by atoms with Gasteiger partial charge in [0, 0.05) is 10.9 Å². The third kappa shape index (κ3) is 4.99. The summed E-state index contributed by atoms with van der Waals surface area (Å²) < 4.78 is 5.12. The molecule has 0 aliphatic rings. The Bertz CT molecular complexity index is 1400. The molecule has 0 unspecified atom stereocenters. The highest BCUT2D eigenvalue weighted by atomic mass is 16.5. The number of carbonyl (C=O) groups excluding carboxylic acids is 2. The van der Waals surface area contributed by atoms with Gasteiger partial charge < -0.3 is 10.1 Å². The molecule has 1 heterocycles. The van der Waals surface area contributed by atoms with Crippen LogP contribution in [-0.4, -0.2) is 35.3 Å². The second-order valence-corrected chi connectivity index (χ2v) is 7.26. The van der Waals surface area contributed by atoms with E-state index in [0.717, 1.165) is 5.56 Å². The topological polar surface area (TPSA) is 126 Å². The number of nitrogens with zero attached hydrogens (tertiary/aromatic N) is 2. The highest BCUT2D eigenvalue weighted by Crippen LogP contribution is 2.20. The van der Waals surface area contributed by atoms with E-state index in [-0.39, 0.29) is 5.69 Å². The predicted molar refractivity (Wildman–Crippen MR) is 128 cm³/mol. The lowest BCUT2D eigenvalue weighted by molar-refractivity contribution is -0.123. The molecule has 34 heavy (non-hydrogen) atoms. The minimum Gasteiger partial charge on any atom is -0.497 e. The number of H-pyrrole nitrogens is 1. The van der Waals surface area contributed by atoms with Crippen LogP contribution in [0, 0.1) is 0 Å². The Labute approximate surface area is 194 Å². The van der Waals surface area contributed by atoms with Crippen LogP contribution >= 0.6 is 0 Å². The zero-order chi connectivity index (χ0) is 23.9. The van der Waals surface area contributed by atoms with Gasteiger partial charge in [-0.05, 0) is 48.0 Å². The molecule has 4 aromatic rings. The molecule has 2 amide bonds. The largest absolute Gasteiger partial charge is 0.497 e. The molecule has 3 aromatic carbocycles. The van der Waals surface area contributed by atoms with Gasteiger partial charge in [-0.1, -0.05) is 36.4 Å². The summed E-state index contributed by atoms with van der Waals surface area (Å²) >= 11 is 0. The number of aromatic nitrogens is 2. The number of rotatable bonds is 7. The lowest BCUT2D eigenvalue weighted by Gasteiger charge is -2.18. The molecular formula is C25H21N5O4. The van der Waals surface area contributed by atoms with Crippen molar-refractivity contribution in [2.75, 3.05) is 7.11 Å². The highest BCUT2D eigenvalue weighted by molar-refractivity contribution is 5.99. The van der Waals surface area contributed by atoms with Crippen LogP contribution in [0.1, 0.15) is 27.7 Å². The SMILES string of the molecule is COc1ccc(C=NNC(=O)[C@H](NC(=O)c2ccccc2)c2n[nH]c(=O)c3ccccc23)cc1. The average molecular weight is 455 g/mol. The Morgan fingerprint density at radius 2 is 1.65 bits per heavy atom. The van der Waals surface area contributed by atoms with Crippen LogP contribution in [0.25, 0.3) is 10.8 Å². The smallest absolute Gasteiger partial charge is 0.272 e. The number of fused-ring (bicyclic) bond motifs is 1. The van der Waals surface area contributed by atoms with Crippen molar-refractivity contribution in [1.29, 1.82) is 0 Å². The van der Waals surface area contributed by atoms with E-state index in [1.807, 2.05) is 0 Å². The number of hydrogen-bond acceptors (Lipinski definition) is 6. The van der Waals surface area contributed by atoms with Crippen LogP contribution in [0.4, 0.5) is 0 Å². The maximum Gasteiger partial charge on any atom is 0.272 e. The number of hydrogen-bond donors (Lipinski definition) is 3. The van der Waals surface area contributed by atoms with E-state index in [9.17, 15) is 14.4 Å². The molecule has 0 saturated carbocycles. The van der Waals surface area contributed by atoms with E-state index in [0.29, 0.717) is 22.1 Å². The molecule has 9 heteroatoms. The van der Waals surface area contributed by atoms with E-state index in [2.05, 4.69) is 26.0 Å². The molecule has 1 atom stereocenters. The molecule has 0 bridgehead atoms. The Hall–Kier alpha value is -4.79. The first-order valence-corrected chi connectivity index (χ1v) is 10.4. The number of amides is 2. The zero-order valence-electron chi connectivity index (χ0n) is 18.2. The van der Waals surface area contributed by atoms with Crippen molar-refractivity contribution in [3.05, 3.63) is 106 Å². The van der Waals surface area contributed by atoms with Crippen LogP contribution in [0.2, 0.25) is 0 Å². The summed E-state index contributed by atoms with van der Waals surface area (Å²) in [5.41, 5.74) is 3.35. The molecule has 0 aliphatic heterocycles. The number of nitrogens with one attached hydrogen (secondary N) is 3. The van der Waals surface area contributed by atoms with Crippen LogP contribution < -0.4 is 21.0 Å². The number of carbonyl (C=O) groups is 2. The van der Waals surface area contributed by atoms with Gasteiger partial charge in [-0.3, -0.25) is 14.4 Å². The number of benzene rings is 3. The van der Waals surface area contributed by atoms with E-state index < -0.39 is 23.4 Å². The van der Waals surface area contributed by atoms with Crippen LogP contribution in [0.3, 0.4) is 0 Å². The lowest BCUT2D eigenvalue weighted by Crippen LogP contribution is -2.40. The molecule has 0 radical (unpaired) electrons.